The van der Waals surface area contributed by atoms with Crippen LogP contribution in [-0.4, -0.2) is 34.6 Å². The van der Waals surface area contributed by atoms with Crippen molar-refractivity contribution in [2.24, 2.45) is 0 Å². The third-order valence-corrected chi connectivity index (χ3v) is 3.11. The first-order chi connectivity index (χ1) is 7.56. The molecule has 1 saturated heterocycles. The van der Waals surface area contributed by atoms with E-state index in [-0.39, 0.29) is 5.91 Å². The number of nitrogens with zero attached hydrogens (tertiary/aromatic N) is 1. The zero-order valence-electron chi connectivity index (χ0n) is 9.31. The van der Waals surface area contributed by atoms with Gasteiger partial charge in [-0.25, -0.2) is 0 Å². The van der Waals surface area contributed by atoms with Gasteiger partial charge in [-0.05, 0) is 18.6 Å². The number of aliphatic hydroxyl groups is 1. The van der Waals surface area contributed by atoms with Crippen LogP contribution in [-0.2, 0) is 0 Å². The van der Waals surface area contributed by atoms with E-state index in [0.717, 1.165) is 0 Å². The Morgan fingerprint density at radius 3 is 2.69 bits per heavy atom. The number of nitrogens with two attached hydrogens (primary N) is 1. The second-order valence-electron chi connectivity index (χ2n) is 4.33. The third kappa shape index (κ3) is 1.76. The van der Waals surface area contributed by atoms with Crippen LogP contribution in [0.4, 0.5) is 5.69 Å². The summed E-state index contributed by atoms with van der Waals surface area (Å²) in [6.07, 6.45) is 0.668. The van der Waals surface area contributed by atoms with Crippen molar-refractivity contribution in [1.29, 1.82) is 0 Å². The van der Waals surface area contributed by atoms with Gasteiger partial charge in [-0.15, -0.1) is 0 Å². The SMILES string of the molecule is CCC1(O)CN(C(=O)c2ccccc2N)C1. The first-order valence-electron chi connectivity index (χ1n) is 5.42. The van der Waals surface area contributed by atoms with E-state index < -0.39 is 5.60 Å². The van der Waals surface area contributed by atoms with Gasteiger partial charge in [-0.3, -0.25) is 4.79 Å². The molecule has 1 amide bonds. The van der Waals surface area contributed by atoms with Crippen LogP contribution in [0.3, 0.4) is 0 Å². The molecule has 16 heavy (non-hydrogen) atoms. The summed E-state index contributed by atoms with van der Waals surface area (Å²) in [6.45, 7) is 2.71. The second-order valence-corrected chi connectivity index (χ2v) is 4.33. The number of amides is 1. The van der Waals surface area contributed by atoms with E-state index in [1.54, 1.807) is 29.2 Å². The number of benzene rings is 1. The number of para-hydroxylation sites is 1. The van der Waals surface area contributed by atoms with Crippen LogP contribution >= 0.6 is 0 Å². The number of anilines is 1. The minimum absolute atomic E-state index is 0.101. The number of rotatable bonds is 2. The van der Waals surface area contributed by atoms with E-state index in [1.807, 2.05) is 6.92 Å². The van der Waals surface area contributed by atoms with Gasteiger partial charge in [-0.1, -0.05) is 19.1 Å². The number of carbonyl (C=O) groups is 1. The first kappa shape index (κ1) is 11.0. The lowest BCUT2D eigenvalue weighted by molar-refractivity contribution is -0.0826. The molecule has 0 spiro atoms. The van der Waals surface area contributed by atoms with Gasteiger partial charge >= 0.3 is 0 Å². The Kier molecular flexibility index (Phi) is 2.59. The maximum absolute atomic E-state index is 12.0. The highest BCUT2D eigenvalue weighted by Gasteiger charge is 2.42. The number of nitrogen functional groups attached to an aromatic ring is 1. The van der Waals surface area contributed by atoms with Crippen LogP contribution in [0.15, 0.2) is 24.3 Å². The Hall–Kier alpha value is -1.55. The minimum Gasteiger partial charge on any atom is -0.398 e. The molecule has 1 aliphatic rings. The van der Waals surface area contributed by atoms with E-state index in [1.165, 1.54) is 0 Å². The molecule has 4 heteroatoms. The van der Waals surface area contributed by atoms with Gasteiger partial charge in [0.1, 0.15) is 0 Å². The summed E-state index contributed by atoms with van der Waals surface area (Å²) >= 11 is 0. The van der Waals surface area contributed by atoms with Crippen LogP contribution < -0.4 is 5.73 Å². The molecule has 1 aliphatic heterocycles. The van der Waals surface area contributed by atoms with Crippen molar-refractivity contribution in [3.63, 3.8) is 0 Å². The molecular formula is C12H16N2O2. The predicted octanol–water partition coefficient (Wildman–Crippen LogP) is 0.866. The fourth-order valence-electron chi connectivity index (χ4n) is 1.89. The fourth-order valence-corrected chi connectivity index (χ4v) is 1.89. The lowest BCUT2D eigenvalue weighted by atomic mass is 9.90. The summed E-state index contributed by atoms with van der Waals surface area (Å²) in [7, 11) is 0. The number of β-amino-alcohol motifs (C(OH)–C–C–N with tert-alkyl or cyclic N) is 1. The van der Waals surface area contributed by atoms with Gasteiger partial charge in [-0.2, -0.15) is 0 Å². The number of carbonyl (C=O) groups excluding carboxylic acids is 1. The highest BCUT2D eigenvalue weighted by atomic mass is 16.3. The van der Waals surface area contributed by atoms with Gasteiger partial charge in [0, 0.05) is 5.69 Å². The van der Waals surface area contributed by atoms with E-state index >= 15 is 0 Å². The summed E-state index contributed by atoms with van der Waals surface area (Å²) in [6, 6.07) is 7.00. The highest BCUT2D eigenvalue weighted by molar-refractivity contribution is 5.99. The Labute approximate surface area is 94.7 Å². The summed E-state index contributed by atoms with van der Waals surface area (Å²) in [5, 5.41) is 9.83. The van der Waals surface area contributed by atoms with E-state index in [2.05, 4.69) is 0 Å². The molecule has 0 radical (unpaired) electrons. The van der Waals surface area contributed by atoms with Crippen molar-refractivity contribution in [2.75, 3.05) is 18.8 Å². The van der Waals surface area contributed by atoms with Crippen LogP contribution in [0.2, 0.25) is 0 Å². The summed E-state index contributed by atoms with van der Waals surface area (Å²) in [4.78, 5) is 13.6. The molecule has 4 nitrogen and oxygen atoms in total. The maximum Gasteiger partial charge on any atom is 0.256 e. The van der Waals surface area contributed by atoms with Crippen molar-refractivity contribution < 1.29 is 9.90 Å². The molecule has 0 unspecified atom stereocenters. The van der Waals surface area contributed by atoms with Crippen molar-refractivity contribution >= 4 is 11.6 Å². The average molecular weight is 220 g/mol. The van der Waals surface area contributed by atoms with Crippen LogP contribution in [0.25, 0.3) is 0 Å². The molecule has 0 aliphatic carbocycles. The van der Waals surface area contributed by atoms with Crippen molar-refractivity contribution in [3.8, 4) is 0 Å². The lowest BCUT2D eigenvalue weighted by Gasteiger charge is -2.46. The number of hydrogen-bond donors (Lipinski definition) is 2. The van der Waals surface area contributed by atoms with Crippen LogP contribution in [0.5, 0.6) is 0 Å². The Morgan fingerprint density at radius 1 is 1.50 bits per heavy atom. The molecule has 1 aromatic rings. The summed E-state index contributed by atoms with van der Waals surface area (Å²) in [5.41, 5.74) is 6.03. The fraction of sp³-hybridized carbons (Fsp3) is 0.417. The highest BCUT2D eigenvalue weighted by Crippen LogP contribution is 2.26. The maximum atomic E-state index is 12.0. The van der Waals surface area contributed by atoms with Gasteiger partial charge in [0.05, 0.1) is 24.3 Å². The number of hydrogen-bond acceptors (Lipinski definition) is 3. The molecule has 3 N–H and O–H groups in total. The quantitative estimate of drug-likeness (QED) is 0.727. The lowest BCUT2D eigenvalue weighted by Crippen LogP contribution is -2.63. The normalized spacial score (nSPS) is 18.0. The standard InChI is InChI=1S/C12H16N2O2/c1-2-12(16)7-14(8-12)11(15)9-5-3-4-6-10(9)13/h3-6,16H,2,7-8,13H2,1H3. The van der Waals surface area contributed by atoms with Crippen molar-refractivity contribution in [1.82, 2.24) is 4.90 Å². The largest absolute Gasteiger partial charge is 0.398 e. The zero-order valence-corrected chi connectivity index (χ0v) is 9.31. The smallest absolute Gasteiger partial charge is 0.256 e. The molecule has 2 rings (SSSR count). The molecule has 0 saturated carbocycles. The van der Waals surface area contributed by atoms with Gasteiger partial charge in [0.2, 0.25) is 0 Å². The third-order valence-electron chi connectivity index (χ3n) is 3.11. The van der Waals surface area contributed by atoms with Crippen LogP contribution in [0.1, 0.15) is 23.7 Å². The molecule has 1 fully saturated rings. The molecule has 86 valence electrons. The average Bonchev–Trinajstić information content (AvgIpc) is 2.24. The molecule has 0 bridgehead atoms. The topological polar surface area (TPSA) is 66.6 Å². The molecular weight excluding hydrogens is 204 g/mol. The Balaban J connectivity index is 2.09. The zero-order chi connectivity index (χ0) is 11.8. The summed E-state index contributed by atoms with van der Waals surface area (Å²) < 4.78 is 0. The molecule has 0 atom stereocenters. The molecule has 1 aromatic carbocycles. The number of likely N-dealkylation sites (tertiary alicyclic amines) is 1. The molecule has 1 heterocycles. The van der Waals surface area contributed by atoms with Gasteiger partial charge in [0.15, 0.2) is 0 Å². The first-order valence-corrected chi connectivity index (χ1v) is 5.42. The Morgan fingerprint density at radius 2 is 2.12 bits per heavy atom. The van der Waals surface area contributed by atoms with E-state index in [0.29, 0.717) is 30.8 Å². The minimum atomic E-state index is -0.695. The molecule has 0 aromatic heterocycles. The second kappa shape index (κ2) is 3.79. The van der Waals surface area contributed by atoms with E-state index in [4.69, 9.17) is 5.73 Å². The van der Waals surface area contributed by atoms with E-state index in [9.17, 15) is 9.90 Å². The Bertz CT molecular complexity index is 411. The predicted molar refractivity (Wildman–Crippen MR) is 62.0 cm³/mol. The monoisotopic (exact) mass is 220 g/mol. The van der Waals surface area contributed by atoms with Gasteiger partial charge in [0.25, 0.3) is 5.91 Å². The van der Waals surface area contributed by atoms with Crippen LogP contribution in [0, 0.1) is 0 Å². The summed E-state index contributed by atoms with van der Waals surface area (Å²) in [5.74, 6) is -0.101. The van der Waals surface area contributed by atoms with Gasteiger partial charge < -0.3 is 15.7 Å². The van der Waals surface area contributed by atoms with Crippen molar-refractivity contribution in [2.45, 2.75) is 18.9 Å². The van der Waals surface area contributed by atoms with Crippen molar-refractivity contribution in [3.05, 3.63) is 29.8 Å².